The summed E-state index contributed by atoms with van der Waals surface area (Å²) in [5.41, 5.74) is 5.41. The molecule has 188 valence electrons. The third kappa shape index (κ3) is 4.01. The van der Waals surface area contributed by atoms with E-state index in [0.717, 1.165) is 65.8 Å². The van der Waals surface area contributed by atoms with Crippen LogP contribution in [-0.2, 0) is 24.1 Å². The van der Waals surface area contributed by atoms with E-state index in [4.69, 9.17) is 14.7 Å². The third-order valence-corrected chi connectivity index (χ3v) is 9.02. The highest BCUT2D eigenvalue weighted by Gasteiger charge is 2.32. The molecule has 0 saturated carbocycles. The van der Waals surface area contributed by atoms with Crippen molar-refractivity contribution in [2.75, 3.05) is 36.5 Å². The molecular formula is C30H31N5OS. The van der Waals surface area contributed by atoms with E-state index in [-0.39, 0.29) is 5.41 Å². The molecule has 1 aliphatic carbocycles. The zero-order valence-electron chi connectivity index (χ0n) is 21.4. The van der Waals surface area contributed by atoms with Gasteiger partial charge in [-0.25, -0.2) is 15.0 Å². The van der Waals surface area contributed by atoms with Crippen LogP contribution in [0.5, 0.6) is 0 Å². The maximum absolute atomic E-state index is 5.65. The van der Waals surface area contributed by atoms with Gasteiger partial charge in [-0.15, -0.1) is 11.3 Å². The van der Waals surface area contributed by atoms with Crippen molar-refractivity contribution >= 4 is 54.2 Å². The van der Waals surface area contributed by atoms with Crippen molar-refractivity contribution in [1.29, 1.82) is 0 Å². The van der Waals surface area contributed by atoms with Crippen LogP contribution in [0.15, 0.2) is 48.8 Å². The van der Waals surface area contributed by atoms with Gasteiger partial charge in [-0.3, -0.25) is 0 Å². The van der Waals surface area contributed by atoms with Crippen LogP contribution in [0.1, 0.15) is 37.0 Å². The number of nitrogens with zero attached hydrogens (tertiary/aromatic N) is 4. The fraction of sp³-hybridized carbons (Fsp3) is 0.367. The van der Waals surface area contributed by atoms with Gasteiger partial charge in [0, 0.05) is 25.0 Å². The van der Waals surface area contributed by atoms with Crippen LogP contribution in [0.3, 0.4) is 0 Å². The molecule has 5 aromatic rings. The van der Waals surface area contributed by atoms with Crippen molar-refractivity contribution in [1.82, 2.24) is 15.0 Å². The third-order valence-electron chi connectivity index (χ3n) is 7.94. The maximum Gasteiger partial charge on any atom is 0.147 e. The molecule has 1 fully saturated rings. The number of fused-ring (bicyclic) bond motifs is 6. The van der Waals surface area contributed by atoms with E-state index in [1.807, 2.05) is 0 Å². The summed E-state index contributed by atoms with van der Waals surface area (Å²) in [6.45, 7) is 8.81. The van der Waals surface area contributed by atoms with Crippen LogP contribution in [0.2, 0.25) is 0 Å². The first kappa shape index (κ1) is 22.9. The number of hydrogen-bond acceptors (Lipinski definition) is 7. The molecule has 0 radical (unpaired) electrons. The van der Waals surface area contributed by atoms with Crippen molar-refractivity contribution in [2.24, 2.45) is 5.41 Å². The zero-order valence-corrected chi connectivity index (χ0v) is 22.2. The summed E-state index contributed by atoms with van der Waals surface area (Å²) in [7, 11) is 0. The molecule has 37 heavy (non-hydrogen) atoms. The lowest BCUT2D eigenvalue weighted by molar-refractivity contribution is 0.122. The highest BCUT2D eigenvalue weighted by Crippen LogP contribution is 2.46. The van der Waals surface area contributed by atoms with Crippen molar-refractivity contribution in [2.45, 2.75) is 39.7 Å². The summed E-state index contributed by atoms with van der Waals surface area (Å²) in [4.78, 5) is 18.3. The Morgan fingerprint density at radius 1 is 1.03 bits per heavy atom. The molecule has 3 aromatic heterocycles. The van der Waals surface area contributed by atoms with Crippen molar-refractivity contribution in [3.05, 3.63) is 65.5 Å². The lowest BCUT2D eigenvalue weighted by Gasteiger charge is -2.36. The van der Waals surface area contributed by atoms with Gasteiger partial charge in [0.25, 0.3) is 0 Å². The van der Waals surface area contributed by atoms with Gasteiger partial charge in [0.1, 0.15) is 22.8 Å². The lowest BCUT2D eigenvalue weighted by atomic mass is 9.73. The second kappa shape index (κ2) is 8.92. The van der Waals surface area contributed by atoms with E-state index >= 15 is 0 Å². The van der Waals surface area contributed by atoms with Gasteiger partial charge in [-0.05, 0) is 52.1 Å². The molecule has 0 spiro atoms. The first-order valence-corrected chi connectivity index (χ1v) is 14.0. The Balaban J connectivity index is 1.34. The van der Waals surface area contributed by atoms with E-state index in [2.05, 4.69) is 71.5 Å². The van der Waals surface area contributed by atoms with Gasteiger partial charge in [-0.2, -0.15) is 0 Å². The van der Waals surface area contributed by atoms with Crippen molar-refractivity contribution in [3.8, 4) is 0 Å². The Kier molecular flexibility index (Phi) is 5.52. The summed E-state index contributed by atoms with van der Waals surface area (Å²) in [5.74, 6) is 2.05. The van der Waals surface area contributed by atoms with Crippen LogP contribution < -0.4 is 10.2 Å². The van der Waals surface area contributed by atoms with E-state index in [1.165, 1.54) is 39.3 Å². The number of ether oxygens (including phenoxy) is 1. The molecule has 0 unspecified atom stereocenters. The lowest BCUT2D eigenvalue weighted by Crippen LogP contribution is -2.38. The van der Waals surface area contributed by atoms with Gasteiger partial charge < -0.3 is 15.0 Å². The van der Waals surface area contributed by atoms with Crippen LogP contribution in [0.4, 0.5) is 11.6 Å². The molecule has 1 saturated heterocycles. The highest BCUT2D eigenvalue weighted by atomic mass is 32.1. The van der Waals surface area contributed by atoms with Crippen molar-refractivity contribution in [3.63, 3.8) is 0 Å². The Bertz CT molecular complexity index is 1630. The Morgan fingerprint density at radius 3 is 2.76 bits per heavy atom. The first-order chi connectivity index (χ1) is 18.1. The predicted octanol–water partition coefficient (Wildman–Crippen LogP) is 6.36. The number of pyridine rings is 1. The second-order valence-corrected chi connectivity index (χ2v) is 12.0. The number of anilines is 2. The van der Waals surface area contributed by atoms with E-state index in [9.17, 15) is 0 Å². The molecule has 0 amide bonds. The summed E-state index contributed by atoms with van der Waals surface area (Å²) in [5, 5.41) is 7.39. The second-order valence-electron chi connectivity index (χ2n) is 11.0. The fourth-order valence-electron chi connectivity index (χ4n) is 5.97. The number of hydrogen-bond donors (Lipinski definition) is 1. The monoisotopic (exact) mass is 509 g/mol. The van der Waals surface area contributed by atoms with Gasteiger partial charge in [0.05, 0.1) is 23.4 Å². The van der Waals surface area contributed by atoms with Gasteiger partial charge in [0.2, 0.25) is 0 Å². The molecule has 6 nitrogen and oxygen atoms in total. The van der Waals surface area contributed by atoms with E-state index in [1.54, 1.807) is 17.7 Å². The Labute approximate surface area is 220 Å². The zero-order chi connectivity index (χ0) is 25.0. The smallest absolute Gasteiger partial charge is 0.147 e. The SMILES string of the molecule is CC1(C)CCc2c(N3CCOCC3)nc3sc4c(NCc5cccc6ccccc56)ncnc4c3c2C1. The minimum Gasteiger partial charge on any atom is -0.378 e. The number of rotatable bonds is 4. The minimum absolute atomic E-state index is 0.264. The number of benzene rings is 2. The Hall–Kier alpha value is -3.29. The molecule has 1 aliphatic heterocycles. The van der Waals surface area contributed by atoms with Gasteiger partial charge in [0.15, 0.2) is 0 Å². The largest absolute Gasteiger partial charge is 0.378 e. The average molecular weight is 510 g/mol. The number of thiophene rings is 1. The minimum atomic E-state index is 0.264. The summed E-state index contributed by atoms with van der Waals surface area (Å²) in [6.07, 6.45) is 5.00. The predicted molar refractivity (Wildman–Crippen MR) is 153 cm³/mol. The molecule has 2 aromatic carbocycles. The van der Waals surface area contributed by atoms with Crippen LogP contribution in [0.25, 0.3) is 31.2 Å². The fourth-order valence-corrected chi connectivity index (χ4v) is 7.09. The number of nitrogens with one attached hydrogen (secondary N) is 1. The van der Waals surface area contributed by atoms with Crippen molar-refractivity contribution < 1.29 is 4.74 Å². The van der Waals surface area contributed by atoms with Gasteiger partial charge >= 0.3 is 0 Å². The normalized spacial score (nSPS) is 17.4. The first-order valence-electron chi connectivity index (χ1n) is 13.2. The molecule has 7 rings (SSSR count). The van der Waals surface area contributed by atoms with Crippen LogP contribution in [0, 0.1) is 5.41 Å². The standard InChI is InChI=1S/C30H31N5OS/c1-30(2)11-10-22-23(16-30)24-25-26(37-29(24)34-28(22)35-12-14-36-15-13-35)27(33-18-32-25)31-17-20-8-5-7-19-6-3-4-9-21(19)20/h3-9,18H,10-17H2,1-2H3,(H,31,32,33). The van der Waals surface area contributed by atoms with Gasteiger partial charge in [-0.1, -0.05) is 56.3 Å². The Morgan fingerprint density at radius 2 is 1.86 bits per heavy atom. The molecule has 4 heterocycles. The molecule has 0 atom stereocenters. The number of aromatic nitrogens is 3. The van der Waals surface area contributed by atoms with Crippen LogP contribution in [-0.4, -0.2) is 41.3 Å². The van der Waals surface area contributed by atoms with Crippen LogP contribution >= 0.6 is 11.3 Å². The molecule has 0 bridgehead atoms. The molecule has 1 N–H and O–H groups in total. The topological polar surface area (TPSA) is 63.2 Å². The molecule has 7 heteroatoms. The number of morpholine rings is 1. The average Bonchev–Trinajstić information content (AvgIpc) is 3.31. The quantitative estimate of drug-likeness (QED) is 0.304. The summed E-state index contributed by atoms with van der Waals surface area (Å²) < 4.78 is 6.74. The maximum atomic E-state index is 5.65. The van der Waals surface area contributed by atoms with E-state index in [0.29, 0.717) is 6.54 Å². The molecule has 2 aliphatic rings. The highest BCUT2D eigenvalue weighted by molar-refractivity contribution is 7.26. The summed E-state index contributed by atoms with van der Waals surface area (Å²) >= 11 is 1.72. The molecular weight excluding hydrogens is 478 g/mol. The summed E-state index contributed by atoms with van der Waals surface area (Å²) in [6, 6.07) is 15.0. The van der Waals surface area contributed by atoms with E-state index < -0.39 is 0 Å².